The molecule has 0 aromatic heterocycles. The fourth-order valence-electron chi connectivity index (χ4n) is 17.7. The summed E-state index contributed by atoms with van der Waals surface area (Å²) in [6.45, 7) is 23.7. The third kappa shape index (κ3) is 10.6. The van der Waals surface area contributed by atoms with Gasteiger partial charge in [0.05, 0.1) is 48.1 Å². The van der Waals surface area contributed by atoms with E-state index in [1.165, 1.54) is 109 Å². The van der Waals surface area contributed by atoms with Crippen LogP contribution in [-0.4, -0.2) is 133 Å². The maximum absolute atomic E-state index is 12.7. The zero-order valence-electron chi connectivity index (χ0n) is 55.4. The minimum atomic E-state index is -4.20. The van der Waals surface area contributed by atoms with Crippen LogP contribution < -0.4 is 20.4 Å². The highest BCUT2D eigenvalue weighted by atomic mass is 32.2. The van der Waals surface area contributed by atoms with E-state index in [2.05, 4.69) is 189 Å². The number of hydrogen-bond donors (Lipinski definition) is 4. The summed E-state index contributed by atoms with van der Waals surface area (Å²) in [6.07, 6.45) is 16.3. The van der Waals surface area contributed by atoms with Crippen molar-refractivity contribution >= 4 is 66.2 Å². The molecule has 0 bridgehead atoms. The highest BCUT2D eigenvalue weighted by Crippen LogP contribution is 2.57. The summed E-state index contributed by atoms with van der Waals surface area (Å²) in [6, 6.07) is 30.1. The Morgan fingerprint density at radius 2 is 1.14 bits per heavy atom. The van der Waals surface area contributed by atoms with Gasteiger partial charge in [-0.15, -0.1) is 0 Å². The molecule has 0 saturated heterocycles. The number of benzene rings is 4. The molecule has 2 aliphatic carbocycles. The molecule has 9 aliphatic heterocycles. The van der Waals surface area contributed by atoms with Gasteiger partial charge >= 0.3 is 0 Å². The van der Waals surface area contributed by atoms with Crippen LogP contribution in [0.3, 0.4) is 0 Å². The van der Waals surface area contributed by atoms with Gasteiger partial charge in [0.25, 0.3) is 20.2 Å². The van der Waals surface area contributed by atoms with Gasteiger partial charge in [-0.25, -0.2) is 0 Å². The second-order valence-electron chi connectivity index (χ2n) is 29.8. The smallest absolute Gasteiger partial charge is 0.269 e. The summed E-state index contributed by atoms with van der Waals surface area (Å²) >= 11 is 0. The van der Waals surface area contributed by atoms with Crippen molar-refractivity contribution in [1.82, 2.24) is 10.6 Å². The van der Waals surface area contributed by atoms with Crippen LogP contribution in [-0.2, 0) is 73.8 Å². The summed E-state index contributed by atoms with van der Waals surface area (Å²) in [7, 11) is -6.20. The summed E-state index contributed by atoms with van der Waals surface area (Å²) in [5.74, 6) is -0.0476. The van der Waals surface area contributed by atoms with Crippen LogP contribution in [0.1, 0.15) is 141 Å². The minimum absolute atomic E-state index is 0.0471. The maximum Gasteiger partial charge on any atom is 0.269 e. The first-order chi connectivity index (χ1) is 43.9. The number of nitrogens with zero attached hydrogens (tertiary/aromatic N) is 4. The average Bonchev–Trinajstić information content (AvgIpc) is 1.64. The van der Waals surface area contributed by atoms with E-state index in [0.717, 1.165) is 75.0 Å². The van der Waals surface area contributed by atoms with Gasteiger partial charge in [0.1, 0.15) is 17.5 Å². The zero-order valence-corrected chi connectivity index (χ0v) is 57.0. The van der Waals surface area contributed by atoms with E-state index in [0.29, 0.717) is 5.92 Å². The molecule has 4 aromatic rings. The predicted octanol–water partition coefficient (Wildman–Crippen LogP) is 11.0. The second kappa shape index (κ2) is 22.5. The first kappa shape index (κ1) is 63.3. The first-order valence-corrected chi connectivity index (χ1v) is 36.3. The van der Waals surface area contributed by atoms with Gasteiger partial charge in [0, 0.05) is 106 Å². The molecular formula is C75H88N6O10S2+2. The molecule has 16 nitrogen and oxygen atoms in total. The van der Waals surface area contributed by atoms with Crippen LogP contribution in [0.5, 0.6) is 0 Å². The number of carbonyl (C=O) groups excluding carboxylic acids is 2. The quantitative estimate of drug-likeness (QED) is 0.0820. The number of fused-ring (bicyclic) bond motifs is 15. The molecule has 0 radical (unpaired) electrons. The number of amides is 2. The van der Waals surface area contributed by atoms with Crippen molar-refractivity contribution < 1.29 is 54.2 Å². The predicted molar refractivity (Wildman–Crippen MR) is 364 cm³/mol. The lowest BCUT2D eigenvalue weighted by atomic mass is 9.71. The maximum atomic E-state index is 12.7. The molecular weight excluding hydrogens is 1210 g/mol. The van der Waals surface area contributed by atoms with Crippen molar-refractivity contribution in [2.75, 3.05) is 49.6 Å². The summed E-state index contributed by atoms with van der Waals surface area (Å²) < 4.78 is 82.5. The first-order valence-electron chi connectivity index (χ1n) is 33.3. The van der Waals surface area contributed by atoms with Crippen molar-refractivity contribution in [2.24, 2.45) is 5.92 Å². The lowest BCUT2D eigenvalue weighted by molar-refractivity contribution is -0.445. The van der Waals surface area contributed by atoms with E-state index in [9.17, 15) is 35.5 Å². The van der Waals surface area contributed by atoms with Crippen LogP contribution >= 0.6 is 0 Å². The van der Waals surface area contributed by atoms with Crippen molar-refractivity contribution in [3.63, 3.8) is 0 Å². The Balaban J connectivity index is 0.000000161. The number of allylic oxidation sites excluding steroid dienone is 5. The minimum Gasteiger partial charge on any atom is -0.365 e. The lowest BCUT2D eigenvalue weighted by Crippen LogP contribution is -2.46. The van der Waals surface area contributed by atoms with E-state index in [4.69, 9.17) is 9.47 Å². The number of para-hydroxylation sites is 2. The summed E-state index contributed by atoms with van der Waals surface area (Å²) in [5, 5.41) is 3.18. The van der Waals surface area contributed by atoms with Crippen LogP contribution in [0.2, 0.25) is 0 Å². The number of rotatable bonds is 11. The number of ether oxygens (including phenoxy) is 2. The number of hydrogen-bond acceptors (Lipinski definition) is 10. The topological polar surface area (TPSA) is 198 Å². The van der Waals surface area contributed by atoms with Gasteiger partial charge in [-0.05, 0) is 155 Å². The molecule has 9 heterocycles. The van der Waals surface area contributed by atoms with Crippen LogP contribution in [0.25, 0.3) is 0 Å². The van der Waals surface area contributed by atoms with Gasteiger partial charge in [0.2, 0.25) is 23.2 Å². The Bertz CT molecular complexity index is 4420. The fourth-order valence-corrected chi connectivity index (χ4v) is 18.2. The Labute approximate surface area is 548 Å². The summed E-state index contributed by atoms with van der Waals surface area (Å²) in [5.41, 5.74) is 24.4. The number of nitrogens with one attached hydrogen (secondary N) is 2. The molecule has 488 valence electrons. The van der Waals surface area contributed by atoms with Crippen LogP contribution in [0, 0.1) is 5.92 Å². The van der Waals surface area contributed by atoms with Crippen LogP contribution in [0.15, 0.2) is 154 Å². The van der Waals surface area contributed by atoms with E-state index in [1.807, 2.05) is 12.1 Å². The molecule has 18 heteroatoms. The summed E-state index contributed by atoms with van der Waals surface area (Å²) in [4.78, 5) is 30.4. The molecule has 93 heavy (non-hydrogen) atoms. The van der Waals surface area contributed by atoms with E-state index >= 15 is 0 Å². The van der Waals surface area contributed by atoms with Crippen molar-refractivity contribution in [3.05, 3.63) is 187 Å². The van der Waals surface area contributed by atoms with Gasteiger partial charge in [0.15, 0.2) is 18.0 Å². The molecule has 4 aromatic carbocycles. The molecule has 15 rings (SSSR count). The molecule has 0 saturated carbocycles. The SMILES string of the molecule is CC(CNC(=O)Cc1ccc2c(c1)C(C)(C)C1=C3C=C4C=C(C5=[N+](C)c6ccccc6C5(C)C)CCC4OC3CCN12)S(=O)(=O)O.CC(CNC(=O)Cc1ccc2c(c1)C(C)(C)C1=[N+]2CCC2OC3CC4CCN5C(=C4C=C3C=C12)C(C)(C)c1ccccc15)S(=O)(=O)O. The van der Waals surface area contributed by atoms with Crippen LogP contribution in [0.4, 0.5) is 22.7 Å². The largest absolute Gasteiger partial charge is 0.365 e. The number of anilines is 2. The number of carbonyl (C=O) groups is 2. The molecule has 2 amide bonds. The van der Waals surface area contributed by atoms with Crippen molar-refractivity contribution in [3.8, 4) is 0 Å². The Kier molecular flexibility index (Phi) is 15.4. The van der Waals surface area contributed by atoms with E-state index < -0.39 is 30.7 Å². The molecule has 0 fully saturated rings. The molecule has 4 N–H and O–H groups in total. The molecule has 0 spiro atoms. The van der Waals surface area contributed by atoms with E-state index in [1.54, 1.807) is 0 Å². The highest BCUT2D eigenvalue weighted by Gasteiger charge is 2.55. The van der Waals surface area contributed by atoms with Gasteiger partial charge in [-0.1, -0.05) is 88.4 Å². The Morgan fingerprint density at radius 1 is 0.581 bits per heavy atom. The lowest BCUT2D eigenvalue weighted by Gasteiger charge is -2.44. The normalized spacial score (nSPS) is 25.8. The van der Waals surface area contributed by atoms with Gasteiger partial charge in [-0.3, -0.25) is 18.7 Å². The van der Waals surface area contributed by atoms with E-state index in [-0.39, 0.29) is 83.8 Å². The Hall–Kier alpha value is -7.06. The zero-order chi connectivity index (χ0) is 65.8. The third-order valence-corrected chi connectivity index (χ3v) is 24.7. The Morgan fingerprint density at radius 3 is 1.82 bits per heavy atom. The van der Waals surface area contributed by atoms with Crippen molar-refractivity contribution in [2.45, 2.75) is 177 Å². The monoisotopic (exact) mass is 1300 g/mol. The molecule has 7 unspecified atom stereocenters. The van der Waals surface area contributed by atoms with Gasteiger partial charge < -0.3 is 29.9 Å². The molecule has 7 atom stereocenters. The molecule has 11 aliphatic rings. The standard InChI is InChI=1S/C38H43N3O5S.C37H43N3O5S/c1-22(47(43,44)45)21-39-34(42)17-23-10-11-31-29(16-23)38(4,5)36-27-19-25-18-26-24(20-33(25)46-32(27)13-15-41(31)36)12-14-40-30-9-7-6-8-28(30)37(2,3)35(26)40;1-22(46(42,43)44)21-38-33(41)18-23-11-13-30-28(17-23)37(4,5)35-26-20-25-19-24(12-14-31(25)45-32(26)15-16-40(30)35)34-36(2,3)27-9-7-8-10-29(27)39(34)6/h6-11,16,18-19,22,24,32-33H,12-15,17,20-21H2,1-5H3,(H-,39,42,43,44,45);7-11,13,17,19-20,22,31-32H,12,14-16,18,21H2,1-6H3,(H-,38,41,42,43,44)/p+2. The second-order valence-corrected chi connectivity index (χ2v) is 33.5. The highest BCUT2D eigenvalue weighted by molar-refractivity contribution is 7.86. The third-order valence-electron chi connectivity index (χ3n) is 22.4. The average molecular weight is 1300 g/mol. The fraction of sp³-hybridized carbons (Fsp3) is 0.467. The van der Waals surface area contributed by atoms with Crippen molar-refractivity contribution in [1.29, 1.82) is 0 Å². The van der Waals surface area contributed by atoms with Gasteiger partial charge in [-0.2, -0.15) is 26.0 Å².